The standard InChI is InChI=1S/C37H41N5O7S/c1-5-6-17-50(46,47)42(32(35(38)43)22-28-23-39-31-10-8-7-9-30(28)31)37(45)33(20-25-11-13-26(14-12-25)34-15-16-40-49-34)41(3)36(44)27-18-24(2)19-29(21-27)48-4/h7-16,18-19,21,23,32-33,39H,5-6,17,20,22H2,1-4H3,(H2,38,43)/t32-,33-/m0/s1. The van der Waals surface area contributed by atoms with Crippen LogP contribution in [0.15, 0.2) is 89.7 Å². The van der Waals surface area contributed by atoms with Crippen molar-refractivity contribution in [2.45, 2.75) is 51.6 Å². The maximum Gasteiger partial charge on any atom is 0.259 e. The molecule has 0 fully saturated rings. The van der Waals surface area contributed by atoms with Gasteiger partial charge in [0, 0.05) is 54.2 Å². The maximum absolute atomic E-state index is 14.9. The van der Waals surface area contributed by atoms with E-state index in [0.717, 1.165) is 22.0 Å². The van der Waals surface area contributed by atoms with Crippen LogP contribution >= 0.6 is 0 Å². The topological polar surface area (TPSA) is 169 Å². The van der Waals surface area contributed by atoms with Crippen molar-refractivity contribution in [1.29, 1.82) is 0 Å². The van der Waals surface area contributed by atoms with E-state index in [1.54, 1.807) is 54.7 Å². The van der Waals surface area contributed by atoms with Crippen LogP contribution in [0.2, 0.25) is 0 Å². The fraction of sp³-hybridized carbons (Fsp3) is 0.297. The SMILES string of the molecule is CCCCS(=O)(=O)N(C(=O)[C@H](Cc1ccc(-c2ccno2)cc1)N(C)C(=O)c1cc(C)cc(OC)c1)[C@@H](Cc1c[nH]c2ccccc12)C(N)=O. The number of fused-ring (bicyclic) bond motifs is 1. The first kappa shape index (κ1) is 35.9. The summed E-state index contributed by atoms with van der Waals surface area (Å²) in [4.78, 5) is 46.6. The predicted octanol–water partition coefficient (Wildman–Crippen LogP) is 4.88. The maximum atomic E-state index is 14.9. The van der Waals surface area contributed by atoms with Crippen LogP contribution in [0.5, 0.6) is 5.75 Å². The number of nitrogens with one attached hydrogen (secondary N) is 1. The van der Waals surface area contributed by atoms with E-state index >= 15 is 0 Å². The van der Waals surface area contributed by atoms with Gasteiger partial charge in [0.25, 0.3) is 11.8 Å². The molecule has 0 spiro atoms. The van der Waals surface area contributed by atoms with Crippen LogP contribution in [-0.2, 0) is 32.5 Å². The number of unbranched alkanes of at least 4 members (excludes halogenated alkanes) is 1. The largest absolute Gasteiger partial charge is 0.497 e. The molecule has 2 atom stereocenters. The Morgan fingerprint density at radius 3 is 2.40 bits per heavy atom. The molecule has 3 aromatic carbocycles. The highest BCUT2D eigenvalue weighted by Crippen LogP contribution is 2.27. The number of amides is 3. The number of sulfonamides is 1. The van der Waals surface area contributed by atoms with E-state index < -0.39 is 45.6 Å². The summed E-state index contributed by atoms with van der Waals surface area (Å²) in [5.74, 6) is -1.88. The van der Waals surface area contributed by atoms with Gasteiger partial charge in [0.05, 0.1) is 19.1 Å². The molecule has 0 aliphatic carbocycles. The molecule has 0 saturated carbocycles. The zero-order valence-electron chi connectivity index (χ0n) is 28.5. The van der Waals surface area contributed by atoms with Crippen molar-refractivity contribution in [2.24, 2.45) is 5.73 Å². The van der Waals surface area contributed by atoms with Crippen molar-refractivity contribution in [3.05, 3.63) is 107 Å². The summed E-state index contributed by atoms with van der Waals surface area (Å²) in [5.41, 5.74) is 9.70. The van der Waals surface area contributed by atoms with Gasteiger partial charge in [-0.05, 0) is 54.3 Å². The number of methoxy groups -OCH3 is 1. The molecule has 2 heterocycles. The highest BCUT2D eigenvalue weighted by atomic mass is 32.2. The van der Waals surface area contributed by atoms with Crippen LogP contribution in [0.1, 0.15) is 46.8 Å². The number of carbonyl (C=O) groups is 3. The average Bonchev–Trinajstić information content (AvgIpc) is 3.79. The molecule has 2 aromatic heterocycles. The van der Waals surface area contributed by atoms with Crippen LogP contribution < -0.4 is 10.5 Å². The highest BCUT2D eigenvalue weighted by molar-refractivity contribution is 7.89. The minimum Gasteiger partial charge on any atom is -0.497 e. The minimum absolute atomic E-state index is 0.0704. The number of hydrogen-bond acceptors (Lipinski definition) is 8. The quantitative estimate of drug-likeness (QED) is 0.156. The molecule has 262 valence electrons. The normalized spacial score (nSPS) is 12.7. The van der Waals surface area contributed by atoms with Crippen LogP contribution in [0.25, 0.3) is 22.2 Å². The number of hydrogen-bond donors (Lipinski definition) is 2. The number of carbonyl (C=O) groups excluding carboxylic acids is 3. The first-order valence-electron chi connectivity index (χ1n) is 16.3. The molecule has 0 radical (unpaired) electrons. The lowest BCUT2D eigenvalue weighted by molar-refractivity contribution is -0.137. The second kappa shape index (κ2) is 15.4. The number of rotatable bonds is 15. The lowest BCUT2D eigenvalue weighted by Gasteiger charge is -2.35. The number of aromatic nitrogens is 2. The summed E-state index contributed by atoms with van der Waals surface area (Å²) in [5, 5.41) is 4.51. The summed E-state index contributed by atoms with van der Waals surface area (Å²) >= 11 is 0. The molecule has 3 amide bonds. The van der Waals surface area contributed by atoms with Gasteiger partial charge in [-0.1, -0.05) is 61.0 Å². The van der Waals surface area contributed by atoms with Gasteiger partial charge < -0.3 is 24.9 Å². The summed E-state index contributed by atoms with van der Waals surface area (Å²) in [6, 6.07) is 18.2. The number of para-hydroxylation sites is 1. The predicted molar refractivity (Wildman–Crippen MR) is 190 cm³/mol. The number of nitrogens with zero attached hydrogens (tertiary/aromatic N) is 3. The molecular weight excluding hydrogens is 659 g/mol. The van der Waals surface area contributed by atoms with Gasteiger partial charge in [-0.25, -0.2) is 12.7 Å². The molecule has 0 bridgehead atoms. The number of nitrogens with two attached hydrogens (primary N) is 1. The van der Waals surface area contributed by atoms with Crippen molar-refractivity contribution in [3.8, 4) is 17.1 Å². The van der Waals surface area contributed by atoms with E-state index in [1.807, 2.05) is 38.1 Å². The van der Waals surface area contributed by atoms with E-state index in [4.69, 9.17) is 15.0 Å². The molecule has 13 heteroatoms. The van der Waals surface area contributed by atoms with E-state index in [-0.39, 0.29) is 24.8 Å². The van der Waals surface area contributed by atoms with Crippen molar-refractivity contribution < 1.29 is 32.1 Å². The molecule has 3 N–H and O–H groups in total. The van der Waals surface area contributed by atoms with E-state index in [2.05, 4.69) is 10.1 Å². The van der Waals surface area contributed by atoms with Gasteiger partial charge in [-0.15, -0.1) is 0 Å². The Kier molecular flexibility index (Phi) is 11.1. The zero-order chi connectivity index (χ0) is 36.0. The first-order valence-corrected chi connectivity index (χ1v) is 17.9. The second-order valence-electron chi connectivity index (χ2n) is 12.2. The number of likely N-dealkylation sites (N-methyl/N-ethyl adjacent to an activating group) is 1. The Morgan fingerprint density at radius 2 is 1.74 bits per heavy atom. The lowest BCUT2D eigenvalue weighted by atomic mass is 9.99. The summed E-state index contributed by atoms with van der Waals surface area (Å²) < 4.78 is 39.6. The zero-order valence-corrected chi connectivity index (χ0v) is 29.3. The average molecular weight is 700 g/mol. The third-order valence-corrected chi connectivity index (χ3v) is 10.5. The number of ether oxygens (including phenoxy) is 1. The molecule has 5 rings (SSSR count). The second-order valence-corrected chi connectivity index (χ2v) is 14.2. The van der Waals surface area contributed by atoms with Crippen molar-refractivity contribution in [1.82, 2.24) is 19.3 Å². The third kappa shape index (κ3) is 7.89. The number of primary amides is 1. The van der Waals surface area contributed by atoms with Gasteiger partial charge in [0.15, 0.2) is 5.76 Å². The van der Waals surface area contributed by atoms with Crippen molar-refractivity contribution in [2.75, 3.05) is 19.9 Å². The number of aromatic amines is 1. The molecule has 12 nitrogen and oxygen atoms in total. The summed E-state index contributed by atoms with van der Waals surface area (Å²) in [7, 11) is -1.48. The Morgan fingerprint density at radius 1 is 1.00 bits per heavy atom. The molecule has 0 aliphatic rings. The number of aryl methyl sites for hydroxylation is 1. The smallest absolute Gasteiger partial charge is 0.259 e. The highest BCUT2D eigenvalue weighted by Gasteiger charge is 2.43. The lowest BCUT2D eigenvalue weighted by Crippen LogP contribution is -2.59. The first-order chi connectivity index (χ1) is 23.9. The Bertz CT molecular complexity index is 2070. The van der Waals surface area contributed by atoms with Crippen LogP contribution in [0, 0.1) is 6.92 Å². The minimum atomic E-state index is -4.40. The van der Waals surface area contributed by atoms with Crippen molar-refractivity contribution in [3.63, 3.8) is 0 Å². The summed E-state index contributed by atoms with van der Waals surface area (Å²) in [6.07, 6.45) is 3.74. The molecular formula is C37H41N5O7S. The van der Waals surface area contributed by atoms with Gasteiger partial charge in [-0.3, -0.25) is 14.4 Å². The van der Waals surface area contributed by atoms with Crippen molar-refractivity contribution >= 4 is 38.6 Å². The Balaban J connectivity index is 1.60. The van der Waals surface area contributed by atoms with Gasteiger partial charge in [0.1, 0.15) is 17.8 Å². The molecule has 5 aromatic rings. The van der Waals surface area contributed by atoms with Gasteiger partial charge in [-0.2, -0.15) is 0 Å². The number of benzene rings is 3. The molecule has 50 heavy (non-hydrogen) atoms. The van der Waals surface area contributed by atoms with Crippen LogP contribution in [0.4, 0.5) is 0 Å². The third-order valence-electron chi connectivity index (χ3n) is 8.68. The summed E-state index contributed by atoms with van der Waals surface area (Å²) in [6.45, 7) is 3.63. The van der Waals surface area contributed by atoms with Gasteiger partial charge >= 0.3 is 0 Å². The van der Waals surface area contributed by atoms with E-state index in [0.29, 0.717) is 33.4 Å². The Hall–Kier alpha value is -5.43. The molecule has 0 saturated heterocycles. The fourth-order valence-electron chi connectivity index (χ4n) is 5.98. The molecule has 0 unspecified atom stereocenters. The Labute approximate surface area is 291 Å². The van der Waals surface area contributed by atoms with E-state index in [9.17, 15) is 22.8 Å². The van der Waals surface area contributed by atoms with Gasteiger partial charge in [0.2, 0.25) is 15.9 Å². The number of H-pyrrole nitrogens is 1. The van der Waals surface area contributed by atoms with Crippen LogP contribution in [-0.4, -0.2) is 77.5 Å². The van der Waals surface area contributed by atoms with Crippen LogP contribution in [0.3, 0.4) is 0 Å². The molecule has 0 aliphatic heterocycles. The monoisotopic (exact) mass is 699 g/mol. The fourth-order valence-corrected chi connectivity index (χ4v) is 7.79. The van der Waals surface area contributed by atoms with E-state index in [1.165, 1.54) is 25.3 Å².